The Bertz CT molecular complexity index is 516. The van der Waals surface area contributed by atoms with Gasteiger partial charge in [-0.1, -0.05) is 29.4 Å². The van der Waals surface area contributed by atoms with Crippen molar-refractivity contribution in [2.24, 2.45) is 10.9 Å². The minimum Gasteiger partial charge on any atom is -0.409 e. The smallest absolute Gasteiger partial charge is 0.223 e. The molecule has 1 aliphatic carbocycles. The number of rotatable bonds is 6. The second-order valence-corrected chi connectivity index (χ2v) is 5.38. The van der Waals surface area contributed by atoms with Crippen LogP contribution < -0.4 is 11.1 Å². The van der Waals surface area contributed by atoms with Gasteiger partial charge in [0.15, 0.2) is 5.84 Å². The van der Waals surface area contributed by atoms with Crippen molar-refractivity contribution in [3.05, 3.63) is 35.4 Å². The third-order valence-corrected chi connectivity index (χ3v) is 4.03. The first-order valence-electron chi connectivity index (χ1n) is 6.97. The van der Waals surface area contributed by atoms with Crippen molar-refractivity contribution in [2.45, 2.75) is 37.8 Å². The van der Waals surface area contributed by atoms with Crippen LogP contribution in [0.25, 0.3) is 0 Å². The van der Waals surface area contributed by atoms with Crippen molar-refractivity contribution in [1.82, 2.24) is 5.32 Å². The fraction of sp³-hybridized carbons (Fsp3) is 0.467. The Morgan fingerprint density at radius 1 is 1.43 bits per heavy atom. The van der Waals surface area contributed by atoms with Gasteiger partial charge in [0.2, 0.25) is 5.91 Å². The SMILES string of the molecule is COC1(CC(=O)NCc2ccc(/C(N)=N/O)cc2)CCC1. The van der Waals surface area contributed by atoms with Gasteiger partial charge in [0.25, 0.3) is 0 Å². The fourth-order valence-corrected chi connectivity index (χ4v) is 2.43. The molecule has 6 heteroatoms. The van der Waals surface area contributed by atoms with E-state index >= 15 is 0 Å². The van der Waals surface area contributed by atoms with Gasteiger partial charge in [-0.05, 0) is 24.8 Å². The average molecular weight is 291 g/mol. The van der Waals surface area contributed by atoms with E-state index in [0.717, 1.165) is 24.8 Å². The van der Waals surface area contributed by atoms with E-state index in [-0.39, 0.29) is 17.3 Å². The molecule has 1 amide bonds. The Morgan fingerprint density at radius 2 is 2.10 bits per heavy atom. The molecule has 21 heavy (non-hydrogen) atoms. The fourth-order valence-electron chi connectivity index (χ4n) is 2.43. The molecule has 114 valence electrons. The lowest BCUT2D eigenvalue weighted by atomic mass is 9.77. The summed E-state index contributed by atoms with van der Waals surface area (Å²) in [6, 6.07) is 7.17. The summed E-state index contributed by atoms with van der Waals surface area (Å²) in [5.41, 5.74) is 6.83. The first-order valence-corrected chi connectivity index (χ1v) is 6.97. The number of amidine groups is 1. The number of hydrogen-bond acceptors (Lipinski definition) is 4. The van der Waals surface area contributed by atoms with Crippen LogP contribution in [0.2, 0.25) is 0 Å². The first-order chi connectivity index (χ1) is 10.1. The van der Waals surface area contributed by atoms with Crippen molar-refractivity contribution in [3.63, 3.8) is 0 Å². The highest BCUT2D eigenvalue weighted by Crippen LogP contribution is 2.37. The minimum atomic E-state index is -0.250. The Balaban J connectivity index is 1.84. The average Bonchev–Trinajstić information content (AvgIpc) is 2.48. The molecule has 1 saturated carbocycles. The summed E-state index contributed by atoms with van der Waals surface area (Å²) in [5, 5.41) is 14.4. The Morgan fingerprint density at radius 3 is 2.57 bits per heavy atom. The molecule has 0 radical (unpaired) electrons. The van der Waals surface area contributed by atoms with Crippen molar-refractivity contribution in [2.75, 3.05) is 7.11 Å². The Kier molecular flexibility index (Phi) is 4.80. The van der Waals surface area contributed by atoms with Crippen LogP contribution in [0.1, 0.15) is 36.8 Å². The van der Waals surface area contributed by atoms with Crippen LogP contribution in [0, 0.1) is 0 Å². The second-order valence-electron chi connectivity index (χ2n) is 5.38. The van der Waals surface area contributed by atoms with Gasteiger partial charge in [-0.3, -0.25) is 4.79 Å². The van der Waals surface area contributed by atoms with E-state index in [1.165, 1.54) is 0 Å². The highest BCUT2D eigenvalue weighted by atomic mass is 16.5. The predicted octanol–water partition coefficient (Wildman–Crippen LogP) is 1.36. The van der Waals surface area contributed by atoms with E-state index in [9.17, 15) is 4.79 Å². The van der Waals surface area contributed by atoms with E-state index in [4.69, 9.17) is 15.7 Å². The molecule has 0 aromatic heterocycles. The van der Waals surface area contributed by atoms with Gasteiger partial charge in [-0.25, -0.2) is 0 Å². The van der Waals surface area contributed by atoms with Crippen molar-refractivity contribution in [3.8, 4) is 0 Å². The highest BCUT2D eigenvalue weighted by Gasteiger charge is 2.38. The molecule has 1 aromatic rings. The monoisotopic (exact) mass is 291 g/mol. The van der Waals surface area contributed by atoms with Gasteiger partial charge in [-0.2, -0.15) is 0 Å². The van der Waals surface area contributed by atoms with E-state index in [1.54, 1.807) is 19.2 Å². The Labute approximate surface area is 124 Å². The molecule has 0 aliphatic heterocycles. The number of nitrogens with two attached hydrogens (primary N) is 1. The molecule has 0 heterocycles. The lowest BCUT2D eigenvalue weighted by Gasteiger charge is -2.39. The van der Waals surface area contributed by atoms with Gasteiger partial charge < -0.3 is 21.0 Å². The van der Waals surface area contributed by atoms with Crippen molar-refractivity contribution < 1.29 is 14.7 Å². The van der Waals surface area contributed by atoms with E-state index in [1.807, 2.05) is 12.1 Å². The first kappa shape index (κ1) is 15.3. The third kappa shape index (κ3) is 3.72. The summed E-state index contributed by atoms with van der Waals surface area (Å²) in [7, 11) is 1.66. The molecule has 1 fully saturated rings. The summed E-state index contributed by atoms with van der Waals surface area (Å²) in [5.74, 6) is 0.0645. The predicted molar refractivity (Wildman–Crippen MR) is 79.0 cm³/mol. The van der Waals surface area contributed by atoms with Crippen LogP contribution in [0.15, 0.2) is 29.4 Å². The maximum Gasteiger partial charge on any atom is 0.223 e. The lowest BCUT2D eigenvalue weighted by molar-refractivity contribution is -0.134. The number of amides is 1. The molecule has 0 unspecified atom stereocenters. The number of nitrogens with one attached hydrogen (secondary N) is 1. The number of methoxy groups -OCH3 is 1. The number of carbonyl (C=O) groups excluding carboxylic acids is 1. The zero-order valence-corrected chi connectivity index (χ0v) is 12.1. The minimum absolute atomic E-state index is 0.00272. The van der Waals surface area contributed by atoms with Crippen LogP contribution in [-0.2, 0) is 16.1 Å². The molecule has 2 rings (SSSR count). The summed E-state index contributed by atoms with van der Waals surface area (Å²) >= 11 is 0. The maximum absolute atomic E-state index is 11.9. The van der Waals surface area contributed by atoms with E-state index < -0.39 is 0 Å². The molecule has 4 N–H and O–H groups in total. The van der Waals surface area contributed by atoms with Gasteiger partial charge in [0.1, 0.15) is 0 Å². The summed E-state index contributed by atoms with van der Waals surface area (Å²) in [6.07, 6.45) is 3.43. The zero-order valence-electron chi connectivity index (χ0n) is 12.1. The largest absolute Gasteiger partial charge is 0.409 e. The summed E-state index contributed by atoms with van der Waals surface area (Å²) < 4.78 is 5.44. The summed E-state index contributed by atoms with van der Waals surface area (Å²) in [6.45, 7) is 0.453. The normalized spacial score (nSPS) is 17.1. The third-order valence-electron chi connectivity index (χ3n) is 4.03. The molecule has 1 aliphatic rings. The second kappa shape index (κ2) is 6.58. The topological polar surface area (TPSA) is 96.9 Å². The van der Waals surface area contributed by atoms with Gasteiger partial charge >= 0.3 is 0 Å². The van der Waals surface area contributed by atoms with Gasteiger partial charge in [0, 0.05) is 19.2 Å². The maximum atomic E-state index is 11.9. The molecule has 0 saturated heterocycles. The van der Waals surface area contributed by atoms with Crippen LogP contribution in [0.5, 0.6) is 0 Å². The van der Waals surface area contributed by atoms with Crippen LogP contribution in [0.3, 0.4) is 0 Å². The number of oxime groups is 1. The summed E-state index contributed by atoms with van der Waals surface area (Å²) in [4.78, 5) is 11.9. The molecule has 0 atom stereocenters. The number of ether oxygens (including phenoxy) is 1. The molecule has 6 nitrogen and oxygen atoms in total. The van der Waals surface area contributed by atoms with Crippen molar-refractivity contribution >= 4 is 11.7 Å². The molecular formula is C15H21N3O3. The number of carbonyl (C=O) groups is 1. The number of hydrogen-bond donors (Lipinski definition) is 3. The van der Waals surface area contributed by atoms with Crippen molar-refractivity contribution in [1.29, 1.82) is 0 Å². The quantitative estimate of drug-likeness (QED) is 0.319. The van der Waals surface area contributed by atoms with Gasteiger partial charge in [0.05, 0.1) is 12.0 Å². The Hall–Kier alpha value is -2.08. The molecule has 0 bridgehead atoms. The molecule has 1 aromatic carbocycles. The number of benzene rings is 1. The number of nitrogens with zero attached hydrogens (tertiary/aromatic N) is 1. The van der Waals surface area contributed by atoms with E-state index in [0.29, 0.717) is 18.5 Å². The molecule has 0 spiro atoms. The zero-order chi connectivity index (χ0) is 15.3. The lowest BCUT2D eigenvalue weighted by Crippen LogP contribution is -2.43. The van der Waals surface area contributed by atoms with E-state index in [2.05, 4.69) is 10.5 Å². The van der Waals surface area contributed by atoms with Crippen LogP contribution in [-0.4, -0.2) is 29.7 Å². The highest BCUT2D eigenvalue weighted by molar-refractivity contribution is 5.96. The standard InChI is InChI=1S/C15H21N3O3/c1-21-15(7-2-8-15)9-13(19)17-10-11-3-5-12(6-4-11)14(16)18-20/h3-6,20H,2,7-10H2,1H3,(H2,16,18)(H,17,19). The molecular weight excluding hydrogens is 270 g/mol. The van der Waals surface area contributed by atoms with Crippen LogP contribution >= 0.6 is 0 Å². The van der Waals surface area contributed by atoms with Crippen LogP contribution in [0.4, 0.5) is 0 Å². The van der Waals surface area contributed by atoms with Gasteiger partial charge in [-0.15, -0.1) is 0 Å².